The number of unbranched alkanes of at least 4 members (excludes halogenated alkanes) is 3. The lowest BCUT2D eigenvalue weighted by Gasteiger charge is -2.20. The molecule has 0 aliphatic heterocycles. The van der Waals surface area contributed by atoms with Gasteiger partial charge >= 0.3 is 0 Å². The van der Waals surface area contributed by atoms with Gasteiger partial charge < -0.3 is 5.11 Å². The Balaban J connectivity index is 2.37. The minimum atomic E-state index is -1.14. The summed E-state index contributed by atoms with van der Waals surface area (Å²) in [7, 11) is 0. The number of aliphatic hydroxyl groups excluding tert-OH is 1. The van der Waals surface area contributed by atoms with Crippen LogP contribution < -0.4 is 0 Å². The van der Waals surface area contributed by atoms with E-state index in [4.69, 9.17) is 0 Å². The molecule has 0 saturated heterocycles. The van der Waals surface area contributed by atoms with E-state index in [2.05, 4.69) is 19.1 Å². The monoisotopic (exact) mass is 324 g/mol. The zero-order valence-electron chi connectivity index (χ0n) is 14.7. The summed E-state index contributed by atoms with van der Waals surface area (Å²) in [5.41, 5.74) is 0. The van der Waals surface area contributed by atoms with E-state index in [9.17, 15) is 14.3 Å². The van der Waals surface area contributed by atoms with Crippen LogP contribution >= 0.6 is 0 Å². The van der Waals surface area contributed by atoms with Crippen LogP contribution in [-0.4, -0.2) is 23.2 Å². The molecule has 0 fully saturated rings. The molecule has 0 bridgehead atoms. The van der Waals surface area contributed by atoms with Crippen LogP contribution in [0.4, 0.5) is 4.39 Å². The molecule has 0 heterocycles. The number of hydrogen-bond acceptors (Lipinski definition) is 2. The molecule has 1 rings (SSSR count). The maximum absolute atomic E-state index is 13.8. The van der Waals surface area contributed by atoms with Crippen molar-refractivity contribution in [1.82, 2.24) is 0 Å². The molecule has 4 unspecified atom stereocenters. The summed E-state index contributed by atoms with van der Waals surface area (Å²) >= 11 is 0. The number of aliphatic hydroxyl groups is 1. The molecule has 0 aromatic heterocycles. The third-order valence-corrected chi connectivity index (χ3v) is 4.72. The number of alkyl halides is 1. The Bertz CT molecular complexity index is 389. The van der Waals surface area contributed by atoms with Crippen LogP contribution in [0.15, 0.2) is 24.3 Å². The second kappa shape index (κ2) is 11.6. The number of carbonyl (C=O) groups excluding carboxylic acids is 1. The molecule has 0 spiro atoms. The summed E-state index contributed by atoms with van der Waals surface area (Å²) < 4.78 is 13.8. The number of halogens is 1. The van der Waals surface area contributed by atoms with Crippen molar-refractivity contribution in [2.45, 2.75) is 83.9 Å². The maximum atomic E-state index is 13.8. The molecule has 0 aromatic rings. The molecule has 0 aromatic carbocycles. The largest absolute Gasteiger partial charge is 0.390 e. The lowest BCUT2D eigenvalue weighted by atomic mass is 9.86. The predicted molar refractivity (Wildman–Crippen MR) is 94.1 cm³/mol. The third kappa shape index (κ3) is 7.43. The quantitative estimate of drug-likeness (QED) is 0.397. The molecule has 0 radical (unpaired) electrons. The van der Waals surface area contributed by atoms with Gasteiger partial charge in [-0.15, -0.1) is 0 Å². The van der Waals surface area contributed by atoms with Crippen molar-refractivity contribution in [3.05, 3.63) is 24.3 Å². The lowest BCUT2D eigenvalue weighted by Crippen LogP contribution is -2.24. The summed E-state index contributed by atoms with van der Waals surface area (Å²) in [4.78, 5) is 12.0. The Morgan fingerprint density at radius 1 is 1.22 bits per heavy atom. The smallest absolute Gasteiger partial charge is 0.159 e. The van der Waals surface area contributed by atoms with E-state index in [-0.39, 0.29) is 17.6 Å². The van der Waals surface area contributed by atoms with E-state index >= 15 is 0 Å². The van der Waals surface area contributed by atoms with E-state index in [1.807, 2.05) is 13.0 Å². The second-order valence-corrected chi connectivity index (χ2v) is 6.68. The fourth-order valence-electron chi connectivity index (χ4n) is 3.09. The van der Waals surface area contributed by atoms with E-state index in [0.29, 0.717) is 19.3 Å². The Morgan fingerprint density at radius 2 is 1.96 bits per heavy atom. The molecule has 3 heteroatoms. The standard InChI is InChI=1S/C20H33FO2/c1-3-5-7-8-9-10-17-16(12-14-19(17)22)13-15-20(23)18(21)11-6-4-2/h8-9,12,14,16-18,20,23H,3-7,10-11,13,15H2,1-2H3/b9-8+. The van der Waals surface area contributed by atoms with Gasteiger partial charge in [-0.2, -0.15) is 0 Å². The molecule has 23 heavy (non-hydrogen) atoms. The van der Waals surface area contributed by atoms with Crippen molar-refractivity contribution < 1.29 is 14.3 Å². The highest BCUT2D eigenvalue weighted by Crippen LogP contribution is 2.31. The van der Waals surface area contributed by atoms with Crippen molar-refractivity contribution in [3.63, 3.8) is 0 Å². The molecule has 4 atom stereocenters. The van der Waals surface area contributed by atoms with Gasteiger partial charge in [0.15, 0.2) is 5.78 Å². The van der Waals surface area contributed by atoms with Crippen LogP contribution in [0.3, 0.4) is 0 Å². The first-order valence-electron chi connectivity index (χ1n) is 9.29. The first kappa shape index (κ1) is 20.1. The number of rotatable bonds is 12. The molecule has 0 amide bonds. The summed E-state index contributed by atoms with van der Waals surface area (Å²) in [5, 5.41) is 9.93. The Kier molecular flexibility index (Phi) is 10.1. The summed E-state index contributed by atoms with van der Waals surface area (Å²) in [6.45, 7) is 4.19. The Labute approximate surface area is 140 Å². The summed E-state index contributed by atoms with van der Waals surface area (Å²) in [6, 6.07) is 0. The number of hydrogen-bond donors (Lipinski definition) is 1. The van der Waals surface area contributed by atoms with Crippen molar-refractivity contribution in [2.75, 3.05) is 0 Å². The van der Waals surface area contributed by atoms with Gasteiger partial charge in [-0.25, -0.2) is 4.39 Å². The average Bonchev–Trinajstić information content (AvgIpc) is 2.90. The fourth-order valence-corrected chi connectivity index (χ4v) is 3.09. The van der Waals surface area contributed by atoms with Crippen LogP contribution in [0.1, 0.15) is 71.6 Å². The fraction of sp³-hybridized carbons (Fsp3) is 0.750. The van der Waals surface area contributed by atoms with Crippen molar-refractivity contribution in [3.8, 4) is 0 Å². The van der Waals surface area contributed by atoms with Gasteiger partial charge in [-0.1, -0.05) is 57.8 Å². The highest BCUT2D eigenvalue weighted by Gasteiger charge is 2.30. The molecular formula is C20H33FO2. The van der Waals surface area contributed by atoms with Crippen LogP contribution in [0.2, 0.25) is 0 Å². The van der Waals surface area contributed by atoms with Crippen LogP contribution in [-0.2, 0) is 4.79 Å². The summed E-state index contributed by atoms with van der Waals surface area (Å²) in [6.07, 6.45) is 13.3. The third-order valence-electron chi connectivity index (χ3n) is 4.72. The first-order chi connectivity index (χ1) is 11.1. The van der Waals surface area contributed by atoms with Gasteiger partial charge in [0.05, 0.1) is 6.10 Å². The number of carbonyl (C=O) groups is 1. The Morgan fingerprint density at radius 3 is 2.65 bits per heavy atom. The SMILES string of the molecule is CCCC/C=C/CC1C(=O)C=CC1CCC(O)C(F)CCCC. The van der Waals surface area contributed by atoms with Crippen molar-refractivity contribution in [2.24, 2.45) is 11.8 Å². The van der Waals surface area contributed by atoms with Crippen LogP contribution in [0, 0.1) is 11.8 Å². The molecular weight excluding hydrogens is 291 g/mol. The Hall–Kier alpha value is -0.960. The van der Waals surface area contributed by atoms with Gasteiger partial charge in [0.1, 0.15) is 6.17 Å². The van der Waals surface area contributed by atoms with Gasteiger partial charge in [0.2, 0.25) is 0 Å². The van der Waals surface area contributed by atoms with E-state index in [1.54, 1.807) is 6.08 Å². The highest BCUT2D eigenvalue weighted by molar-refractivity contribution is 5.94. The van der Waals surface area contributed by atoms with Gasteiger partial charge in [-0.05, 0) is 44.1 Å². The van der Waals surface area contributed by atoms with Gasteiger partial charge in [-0.3, -0.25) is 4.79 Å². The molecule has 1 aliphatic carbocycles. The van der Waals surface area contributed by atoms with Gasteiger partial charge in [0, 0.05) is 5.92 Å². The van der Waals surface area contributed by atoms with Crippen molar-refractivity contribution >= 4 is 5.78 Å². The number of ketones is 1. The van der Waals surface area contributed by atoms with E-state index in [1.165, 1.54) is 12.8 Å². The minimum absolute atomic E-state index is 0.0196. The normalized spacial score (nSPS) is 23.7. The molecule has 132 valence electrons. The second-order valence-electron chi connectivity index (χ2n) is 6.68. The topological polar surface area (TPSA) is 37.3 Å². The molecule has 0 saturated carbocycles. The molecule has 1 N–H and O–H groups in total. The first-order valence-corrected chi connectivity index (χ1v) is 9.29. The van der Waals surface area contributed by atoms with Crippen molar-refractivity contribution in [1.29, 1.82) is 0 Å². The zero-order valence-corrected chi connectivity index (χ0v) is 14.7. The molecule has 2 nitrogen and oxygen atoms in total. The van der Waals surface area contributed by atoms with Gasteiger partial charge in [0.25, 0.3) is 0 Å². The predicted octanol–water partition coefficient (Wildman–Crippen LogP) is 5.16. The van der Waals surface area contributed by atoms with E-state index < -0.39 is 12.3 Å². The number of allylic oxidation sites excluding steroid dienone is 4. The summed E-state index contributed by atoms with van der Waals surface area (Å²) in [5.74, 6) is 0.299. The van der Waals surface area contributed by atoms with E-state index in [0.717, 1.165) is 25.7 Å². The van der Waals surface area contributed by atoms with Crippen LogP contribution in [0.25, 0.3) is 0 Å². The zero-order chi connectivity index (χ0) is 17.1. The lowest BCUT2D eigenvalue weighted by molar-refractivity contribution is -0.118. The highest BCUT2D eigenvalue weighted by atomic mass is 19.1. The molecule has 1 aliphatic rings. The maximum Gasteiger partial charge on any atom is 0.159 e. The van der Waals surface area contributed by atoms with Crippen LogP contribution in [0.5, 0.6) is 0 Å². The minimum Gasteiger partial charge on any atom is -0.390 e. The average molecular weight is 324 g/mol.